The Bertz CT molecular complexity index is 1220. The Labute approximate surface area is 356 Å². The fraction of sp³-hybridized carbons (Fsp3) is 0.585. The van der Waals surface area contributed by atoms with Crippen LogP contribution in [-0.2, 0) is 23.8 Å². The highest BCUT2D eigenvalue weighted by Gasteiger charge is 2.17. The van der Waals surface area contributed by atoms with Gasteiger partial charge in [0.25, 0.3) is 0 Å². The smallest absolute Gasteiger partial charge is 0.310 e. The quantitative estimate of drug-likeness (QED) is 0.0351. The molecule has 0 aliphatic rings. The van der Waals surface area contributed by atoms with Crippen molar-refractivity contribution in [1.29, 1.82) is 0 Å². The predicted octanol–water partition coefficient (Wildman–Crippen LogP) is 15.4. The van der Waals surface area contributed by atoms with Crippen molar-refractivity contribution in [1.82, 2.24) is 0 Å². The number of hydrogen-bond acceptors (Lipinski definition) is 5. The average molecular weight is 801 g/mol. The van der Waals surface area contributed by atoms with Gasteiger partial charge in [0, 0.05) is 13.0 Å². The minimum absolute atomic E-state index is 0.0215. The van der Waals surface area contributed by atoms with Crippen LogP contribution in [0.5, 0.6) is 0 Å². The molecule has 0 radical (unpaired) electrons. The summed E-state index contributed by atoms with van der Waals surface area (Å²) in [6.45, 7) is 7.41. The van der Waals surface area contributed by atoms with Gasteiger partial charge in [-0.2, -0.15) is 0 Å². The number of carbonyl (C=O) groups is 2. The maximum atomic E-state index is 12.7. The Kier molecular flexibility index (Phi) is 44.6. The van der Waals surface area contributed by atoms with E-state index in [9.17, 15) is 9.59 Å². The largest absolute Gasteiger partial charge is 0.462 e. The Morgan fingerprint density at radius 3 is 1.31 bits per heavy atom. The molecule has 0 aromatic carbocycles. The average Bonchev–Trinajstić information content (AvgIpc) is 3.22. The van der Waals surface area contributed by atoms with Crippen molar-refractivity contribution in [3.8, 4) is 0 Å². The molecule has 5 heteroatoms. The summed E-state index contributed by atoms with van der Waals surface area (Å²) in [5.74, 6) is -0.593. The molecule has 58 heavy (non-hydrogen) atoms. The number of esters is 2. The van der Waals surface area contributed by atoms with E-state index in [4.69, 9.17) is 14.2 Å². The van der Waals surface area contributed by atoms with Crippen molar-refractivity contribution in [3.05, 3.63) is 122 Å². The summed E-state index contributed by atoms with van der Waals surface area (Å²) < 4.78 is 17.1. The number of rotatable bonds is 40. The monoisotopic (exact) mass is 801 g/mol. The van der Waals surface area contributed by atoms with Gasteiger partial charge in [0.1, 0.15) is 6.61 Å². The molecule has 0 aliphatic carbocycles. The van der Waals surface area contributed by atoms with E-state index in [1.165, 1.54) is 38.5 Å². The summed E-state index contributed by atoms with van der Waals surface area (Å²) in [5.41, 5.74) is 0. The van der Waals surface area contributed by atoms with Crippen molar-refractivity contribution in [2.24, 2.45) is 0 Å². The molecular weight excluding hydrogens is 717 g/mol. The second kappa shape index (κ2) is 47.7. The van der Waals surface area contributed by atoms with Crippen molar-refractivity contribution >= 4 is 11.9 Å². The molecule has 0 spiro atoms. The highest BCUT2D eigenvalue weighted by Crippen LogP contribution is 2.10. The highest BCUT2D eigenvalue weighted by atomic mass is 16.6. The first-order chi connectivity index (χ1) is 28.6. The maximum absolute atomic E-state index is 12.7. The van der Waals surface area contributed by atoms with Crippen LogP contribution in [-0.4, -0.2) is 37.9 Å². The molecule has 0 bridgehead atoms. The Morgan fingerprint density at radius 1 is 0.414 bits per heavy atom. The first kappa shape index (κ1) is 54.3. The Hall–Kier alpha value is -3.70. The molecule has 0 saturated carbocycles. The number of carbonyl (C=O) groups excluding carboxylic acids is 2. The van der Waals surface area contributed by atoms with Crippen LogP contribution in [0, 0.1) is 0 Å². The third-order valence-electron chi connectivity index (χ3n) is 9.03. The SMILES string of the molecule is CC/C=C\C/C=C\C/C=C\C/C=C\C/C=C\CCCCCC(=O)OCC(COCCCCCCCCCC)OC(=O)C/C=C\C/C=C\C/C=C\C/C=C\C/C=C\CC. The van der Waals surface area contributed by atoms with E-state index in [1.807, 2.05) is 12.2 Å². The van der Waals surface area contributed by atoms with Crippen LogP contribution in [0.2, 0.25) is 0 Å². The van der Waals surface area contributed by atoms with Gasteiger partial charge in [-0.3, -0.25) is 9.59 Å². The van der Waals surface area contributed by atoms with Gasteiger partial charge in [0.15, 0.2) is 6.10 Å². The van der Waals surface area contributed by atoms with E-state index in [0.29, 0.717) is 13.0 Å². The van der Waals surface area contributed by atoms with E-state index < -0.39 is 6.10 Å². The number of allylic oxidation sites excluding steroid dienone is 19. The molecule has 1 atom stereocenters. The van der Waals surface area contributed by atoms with Crippen LogP contribution in [0.25, 0.3) is 0 Å². The maximum Gasteiger partial charge on any atom is 0.310 e. The summed E-state index contributed by atoms with van der Waals surface area (Å²) in [6.07, 6.45) is 66.5. The van der Waals surface area contributed by atoms with Crippen molar-refractivity contribution in [3.63, 3.8) is 0 Å². The van der Waals surface area contributed by atoms with Crippen LogP contribution in [0.3, 0.4) is 0 Å². The lowest BCUT2D eigenvalue weighted by atomic mass is 10.1. The summed E-state index contributed by atoms with van der Waals surface area (Å²) in [7, 11) is 0. The lowest BCUT2D eigenvalue weighted by Gasteiger charge is -2.18. The highest BCUT2D eigenvalue weighted by molar-refractivity contribution is 5.71. The van der Waals surface area contributed by atoms with Crippen molar-refractivity contribution < 1.29 is 23.8 Å². The molecular formula is C53H84O5. The topological polar surface area (TPSA) is 61.8 Å². The van der Waals surface area contributed by atoms with Crippen LogP contribution < -0.4 is 0 Å². The van der Waals surface area contributed by atoms with Gasteiger partial charge >= 0.3 is 11.9 Å². The van der Waals surface area contributed by atoms with E-state index in [2.05, 4.69) is 130 Å². The molecule has 0 N–H and O–H groups in total. The van der Waals surface area contributed by atoms with Gasteiger partial charge < -0.3 is 14.2 Å². The zero-order valence-electron chi connectivity index (χ0n) is 37.3. The molecule has 0 aliphatic heterocycles. The van der Waals surface area contributed by atoms with E-state index in [0.717, 1.165) is 103 Å². The number of hydrogen-bond donors (Lipinski definition) is 0. The normalized spacial score (nSPS) is 13.4. The lowest BCUT2D eigenvalue weighted by Crippen LogP contribution is -2.29. The third kappa shape index (κ3) is 45.0. The Balaban J connectivity index is 4.40. The number of unbranched alkanes of at least 4 members (excludes halogenated alkanes) is 10. The fourth-order valence-electron chi connectivity index (χ4n) is 5.67. The summed E-state index contributed by atoms with van der Waals surface area (Å²) >= 11 is 0. The van der Waals surface area contributed by atoms with E-state index in [1.54, 1.807) is 0 Å². The summed E-state index contributed by atoms with van der Waals surface area (Å²) in [6, 6.07) is 0. The van der Waals surface area contributed by atoms with Crippen molar-refractivity contribution in [2.75, 3.05) is 19.8 Å². The second-order valence-electron chi connectivity index (χ2n) is 14.6. The minimum Gasteiger partial charge on any atom is -0.462 e. The van der Waals surface area contributed by atoms with E-state index >= 15 is 0 Å². The van der Waals surface area contributed by atoms with Crippen LogP contribution >= 0.6 is 0 Å². The molecule has 0 aromatic rings. The van der Waals surface area contributed by atoms with E-state index in [-0.39, 0.29) is 31.6 Å². The first-order valence-corrected chi connectivity index (χ1v) is 23.1. The predicted molar refractivity (Wildman–Crippen MR) is 251 cm³/mol. The zero-order valence-corrected chi connectivity index (χ0v) is 37.3. The molecule has 5 nitrogen and oxygen atoms in total. The van der Waals surface area contributed by atoms with Gasteiger partial charge in [0.2, 0.25) is 0 Å². The van der Waals surface area contributed by atoms with Crippen molar-refractivity contribution in [2.45, 2.75) is 181 Å². The first-order valence-electron chi connectivity index (χ1n) is 23.1. The Morgan fingerprint density at radius 2 is 0.828 bits per heavy atom. The van der Waals surface area contributed by atoms with Gasteiger partial charge in [-0.25, -0.2) is 0 Å². The van der Waals surface area contributed by atoms with Gasteiger partial charge in [-0.05, 0) is 89.9 Å². The van der Waals surface area contributed by atoms with Gasteiger partial charge in [-0.1, -0.05) is 194 Å². The lowest BCUT2D eigenvalue weighted by molar-refractivity contribution is -0.162. The fourth-order valence-corrected chi connectivity index (χ4v) is 5.67. The standard InChI is InChI=1S/C53H84O5/c1-4-7-10-13-16-19-21-23-25-26-27-28-30-31-33-35-37-40-43-46-52(54)57-50-51(49-56-48-45-42-39-18-15-12-9-6-3)58-53(55)47-44-41-38-36-34-32-29-24-22-20-17-14-11-8-5-2/h7-8,10-11,16-17,19-20,23-25,27-29,31,33-34,36,41,44,51H,4-6,9,12-15,18,21-22,26,30,32,35,37-40,42-43,45-50H2,1-3H3/b10-7-,11-8-,19-16-,20-17-,25-23-,28-27-,29-24-,33-31-,36-34-,44-41-. The molecule has 0 saturated heterocycles. The second-order valence-corrected chi connectivity index (χ2v) is 14.6. The zero-order chi connectivity index (χ0) is 42.1. The van der Waals surface area contributed by atoms with Crippen LogP contribution in [0.1, 0.15) is 175 Å². The summed E-state index contributed by atoms with van der Waals surface area (Å²) in [4.78, 5) is 25.2. The van der Waals surface area contributed by atoms with Gasteiger partial charge in [-0.15, -0.1) is 0 Å². The van der Waals surface area contributed by atoms with Gasteiger partial charge in [0.05, 0.1) is 13.0 Å². The third-order valence-corrected chi connectivity index (χ3v) is 9.03. The molecule has 0 heterocycles. The molecule has 326 valence electrons. The van der Waals surface area contributed by atoms with Crippen LogP contribution in [0.15, 0.2) is 122 Å². The molecule has 0 fully saturated rings. The molecule has 0 rings (SSSR count). The van der Waals surface area contributed by atoms with Crippen LogP contribution in [0.4, 0.5) is 0 Å². The number of ether oxygens (including phenoxy) is 3. The molecule has 1 unspecified atom stereocenters. The molecule has 0 amide bonds. The minimum atomic E-state index is -0.608. The molecule has 0 aromatic heterocycles. The summed E-state index contributed by atoms with van der Waals surface area (Å²) in [5, 5.41) is 0.